The number of nitrogens with zero attached hydrogens (tertiary/aromatic N) is 6. The molecule has 28 heavy (non-hydrogen) atoms. The zero-order chi connectivity index (χ0) is 19.5. The van der Waals surface area contributed by atoms with Gasteiger partial charge in [-0.25, -0.2) is 4.68 Å². The van der Waals surface area contributed by atoms with Gasteiger partial charge in [0.25, 0.3) is 0 Å². The summed E-state index contributed by atoms with van der Waals surface area (Å²) in [4.78, 5) is 8.87. The van der Waals surface area contributed by atoms with Crippen LogP contribution in [0, 0.1) is 4.77 Å². The average molecular weight is 397 g/mol. The van der Waals surface area contributed by atoms with Crippen molar-refractivity contribution < 1.29 is 4.74 Å². The molecule has 3 heterocycles. The Bertz CT molecular complexity index is 974. The van der Waals surface area contributed by atoms with Gasteiger partial charge in [0.1, 0.15) is 5.75 Å². The minimum atomic E-state index is 0.701. The Morgan fingerprint density at radius 1 is 1.00 bits per heavy atom. The summed E-state index contributed by atoms with van der Waals surface area (Å²) in [7, 11) is 3.63. The van der Waals surface area contributed by atoms with Crippen LogP contribution in [0.1, 0.15) is 0 Å². The van der Waals surface area contributed by atoms with Gasteiger partial charge in [-0.2, -0.15) is 5.10 Å². The van der Waals surface area contributed by atoms with Gasteiger partial charge < -0.3 is 14.2 Å². The maximum atomic E-state index is 5.63. The summed E-state index contributed by atoms with van der Waals surface area (Å²) in [5.74, 6) is 1.69. The van der Waals surface area contributed by atoms with Crippen LogP contribution in [0.2, 0.25) is 0 Å². The van der Waals surface area contributed by atoms with Gasteiger partial charge in [0.15, 0.2) is 10.6 Å². The molecule has 7 nitrogen and oxygen atoms in total. The van der Waals surface area contributed by atoms with Gasteiger partial charge in [0.05, 0.1) is 13.8 Å². The van der Waals surface area contributed by atoms with Crippen LogP contribution >= 0.6 is 12.2 Å². The predicted molar refractivity (Wildman–Crippen MR) is 112 cm³/mol. The van der Waals surface area contributed by atoms with Gasteiger partial charge in [0, 0.05) is 56.9 Å². The molecule has 0 unspecified atom stereocenters. The Kier molecular flexibility index (Phi) is 5.40. The summed E-state index contributed by atoms with van der Waals surface area (Å²) in [5.41, 5.74) is 2.25. The lowest BCUT2D eigenvalue weighted by Gasteiger charge is -2.35. The normalized spacial score (nSPS) is 15.0. The van der Waals surface area contributed by atoms with E-state index in [4.69, 9.17) is 22.1 Å². The van der Waals surface area contributed by atoms with Gasteiger partial charge in [-0.05, 0) is 48.6 Å². The number of anilines is 1. The molecule has 1 aliphatic rings. The molecule has 146 valence electrons. The van der Waals surface area contributed by atoms with Crippen LogP contribution in [-0.2, 0) is 13.7 Å². The van der Waals surface area contributed by atoms with Crippen LogP contribution < -0.4 is 9.64 Å². The largest absolute Gasteiger partial charge is 0.497 e. The lowest BCUT2D eigenvalue weighted by molar-refractivity contribution is 0.194. The van der Waals surface area contributed by atoms with Crippen molar-refractivity contribution in [1.29, 1.82) is 0 Å². The van der Waals surface area contributed by atoms with Crippen molar-refractivity contribution in [2.75, 3.05) is 38.2 Å². The number of ether oxygens (including phenoxy) is 1. The summed E-state index contributed by atoms with van der Waals surface area (Å²) >= 11 is 5.63. The van der Waals surface area contributed by atoms with Crippen molar-refractivity contribution in [3.63, 3.8) is 0 Å². The van der Waals surface area contributed by atoms with E-state index in [-0.39, 0.29) is 0 Å². The fourth-order valence-corrected chi connectivity index (χ4v) is 3.65. The van der Waals surface area contributed by atoms with Crippen molar-refractivity contribution in [3.05, 3.63) is 53.6 Å². The Balaban J connectivity index is 1.45. The molecule has 0 atom stereocenters. The van der Waals surface area contributed by atoms with Crippen molar-refractivity contribution in [1.82, 2.24) is 24.2 Å². The SMILES string of the molecule is COc1ccc(-c2nn(CN3CCN(c4ccncc4)CC3)c(=S)n2C)cc1. The number of aromatic nitrogens is 4. The molecular formula is C20H24N6OS. The average Bonchev–Trinajstić information content (AvgIpc) is 3.03. The van der Waals surface area contributed by atoms with Crippen LogP contribution in [0.25, 0.3) is 11.4 Å². The quantitative estimate of drug-likeness (QED) is 0.618. The molecule has 1 saturated heterocycles. The monoisotopic (exact) mass is 396 g/mol. The van der Waals surface area contributed by atoms with Crippen molar-refractivity contribution >= 4 is 17.9 Å². The third kappa shape index (κ3) is 3.79. The van der Waals surface area contributed by atoms with E-state index in [0.29, 0.717) is 6.67 Å². The summed E-state index contributed by atoms with van der Waals surface area (Å²) in [5, 5.41) is 4.78. The Hall–Kier alpha value is -2.71. The van der Waals surface area contributed by atoms with Crippen molar-refractivity contribution in [2.24, 2.45) is 7.05 Å². The number of rotatable bonds is 5. The minimum absolute atomic E-state index is 0.701. The highest BCUT2D eigenvalue weighted by Crippen LogP contribution is 2.21. The second kappa shape index (κ2) is 8.12. The van der Waals surface area contributed by atoms with Gasteiger partial charge in [-0.15, -0.1) is 0 Å². The molecule has 0 bridgehead atoms. The Morgan fingerprint density at radius 2 is 1.68 bits per heavy atom. The molecule has 0 spiro atoms. The first-order valence-electron chi connectivity index (χ1n) is 9.31. The fraction of sp³-hybridized carbons (Fsp3) is 0.350. The molecule has 1 aromatic carbocycles. The van der Waals surface area contributed by atoms with E-state index in [1.54, 1.807) is 7.11 Å². The topological polar surface area (TPSA) is 51.4 Å². The van der Waals surface area contributed by atoms with Crippen LogP contribution in [0.3, 0.4) is 0 Å². The van der Waals surface area contributed by atoms with Gasteiger partial charge in [0.2, 0.25) is 0 Å². The smallest absolute Gasteiger partial charge is 0.199 e. The van der Waals surface area contributed by atoms with Gasteiger partial charge >= 0.3 is 0 Å². The highest BCUT2D eigenvalue weighted by Gasteiger charge is 2.19. The molecule has 3 aromatic rings. The fourth-order valence-electron chi connectivity index (χ4n) is 3.46. The number of piperazine rings is 1. The van der Waals surface area contributed by atoms with Crippen LogP contribution in [-0.4, -0.2) is 57.5 Å². The second-order valence-electron chi connectivity index (χ2n) is 6.85. The van der Waals surface area contributed by atoms with Crippen LogP contribution in [0.5, 0.6) is 5.75 Å². The van der Waals surface area contributed by atoms with E-state index in [0.717, 1.165) is 48.1 Å². The molecule has 4 rings (SSSR count). The summed E-state index contributed by atoms with van der Waals surface area (Å²) in [6.07, 6.45) is 3.69. The van der Waals surface area contributed by atoms with Gasteiger partial charge in [-0.1, -0.05) is 0 Å². The Morgan fingerprint density at radius 3 is 2.32 bits per heavy atom. The lowest BCUT2D eigenvalue weighted by atomic mass is 10.2. The molecule has 0 saturated carbocycles. The second-order valence-corrected chi connectivity index (χ2v) is 7.21. The van der Waals surface area contributed by atoms with E-state index in [1.807, 2.05) is 53.0 Å². The number of pyridine rings is 1. The minimum Gasteiger partial charge on any atom is -0.497 e. The number of hydrogen-bond donors (Lipinski definition) is 0. The maximum absolute atomic E-state index is 5.63. The predicted octanol–water partition coefficient (Wildman–Crippen LogP) is 2.80. The zero-order valence-corrected chi connectivity index (χ0v) is 17.0. The zero-order valence-electron chi connectivity index (χ0n) is 16.2. The summed E-state index contributed by atoms with van der Waals surface area (Å²) in [6.45, 7) is 4.61. The molecule has 8 heteroatoms. The third-order valence-corrected chi connectivity index (χ3v) is 5.61. The third-order valence-electron chi connectivity index (χ3n) is 5.12. The van der Waals surface area contributed by atoms with Crippen LogP contribution in [0.4, 0.5) is 5.69 Å². The molecule has 0 aliphatic carbocycles. The molecule has 0 N–H and O–H groups in total. The van der Waals surface area contributed by atoms with E-state index < -0.39 is 0 Å². The number of benzene rings is 1. The van der Waals surface area contributed by atoms with Crippen molar-refractivity contribution in [2.45, 2.75) is 6.67 Å². The molecule has 1 aliphatic heterocycles. The highest BCUT2D eigenvalue weighted by atomic mass is 32.1. The highest BCUT2D eigenvalue weighted by molar-refractivity contribution is 7.71. The maximum Gasteiger partial charge on any atom is 0.199 e. The first kappa shape index (κ1) is 18.6. The number of methoxy groups -OCH3 is 1. The van der Waals surface area contributed by atoms with Gasteiger partial charge in [-0.3, -0.25) is 9.88 Å². The van der Waals surface area contributed by atoms with E-state index in [1.165, 1.54) is 5.69 Å². The van der Waals surface area contributed by atoms with Crippen molar-refractivity contribution in [3.8, 4) is 17.1 Å². The number of hydrogen-bond acceptors (Lipinski definition) is 6. The summed E-state index contributed by atoms with van der Waals surface area (Å²) in [6, 6.07) is 12.0. The molecular weight excluding hydrogens is 372 g/mol. The van der Waals surface area contributed by atoms with E-state index in [2.05, 4.69) is 26.9 Å². The van der Waals surface area contributed by atoms with E-state index in [9.17, 15) is 0 Å². The molecule has 0 amide bonds. The summed E-state index contributed by atoms with van der Waals surface area (Å²) < 4.78 is 9.84. The lowest BCUT2D eigenvalue weighted by Crippen LogP contribution is -2.47. The first-order chi connectivity index (χ1) is 13.7. The standard InChI is InChI=1S/C20H24N6OS/c1-23-19(16-3-5-18(27-2)6-4-16)22-26(20(23)28)15-24-11-13-25(14-12-24)17-7-9-21-10-8-17/h3-10H,11-15H2,1-2H3. The van der Waals surface area contributed by atoms with Crippen LogP contribution in [0.15, 0.2) is 48.8 Å². The molecule has 1 fully saturated rings. The molecule has 2 aromatic heterocycles. The Labute approximate surface area is 169 Å². The first-order valence-corrected chi connectivity index (χ1v) is 9.72. The van der Waals surface area contributed by atoms with E-state index >= 15 is 0 Å². The molecule has 0 radical (unpaired) electrons.